The number of hydrogen-bond acceptors (Lipinski definition) is 3. The van der Waals surface area contributed by atoms with E-state index in [1.165, 1.54) is 4.88 Å². The van der Waals surface area contributed by atoms with Crippen molar-refractivity contribution in [3.63, 3.8) is 0 Å². The second kappa shape index (κ2) is 5.87. The first-order valence-electron chi connectivity index (χ1n) is 6.11. The summed E-state index contributed by atoms with van der Waals surface area (Å²) in [5.41, 5.74) is 8.15. The molecule has 0 amide bonds. The minimum Gasteiger partial charge on any atom is -0.327 e. The summed E-state index contributed by atoms with van der Waals surface area (Å²) in [6, 6.07) is 4.26. The molecule has 1 unspecified atom stereocenters. The quantitative estimate of drug-likeness (QED) is 0.917. The van der Waals surface area contributed by atoms with Crippen LogP contribution in [-0.2, 0) is 19.4 Å². The van der Waals surface area contributed by atoms with Gasteiger partial charge in [-0.2, -0.15) is 5.10 Å². The molecular weight excluding hydrogens is 266 g/mol. The zero-order valence-electron chi connectivity index (χ0n) is 10.7. The first kappa shape index (κ1) is 13.6. The molecule has 2 aromatic heterocycles. The third-order valence-electron chi connectivity index (χ3n) is 2.95. The van der Waals surface area contributed by atoms with E-state index >= 15 is 0 Å². The second-order valence-corrected chi connectivity index (χ2v) is 5.82. The van der Waals surface area contributed by atoms with Gasteiger partial charge in [0.1, 0.15) is 0 Å². The van der Waals surface area contributed by atoms with Gasteiger partial charge in [-0.05, 0) is 31.7 Å². The molecular formula is C13H18ClN3S. The first-order chi connectivity index (χ1) is 8.61. The summed E-state index contributed by atoms with van der Waals surface area (Å²) in [5, 5.41) is 7.25. The Bertz CT molecular complexity index is 505. The van der Waals surface area contributed by atoms with E-state index in [4.69, 9.17) is 17.3 Å². The lowest BCUT2D eigenvalue weighted by atomic mass is 10.1. The molecule has 0 radical (unpaired) electrons. The molecule has 0 spiro atoms. The molecule has 2 N–H and O–H groups in total. The molecule has 0 aliphatic heterocycles. The van der Waals surface area contributed by atoms with E-state index in [0.717, 1.165) is 35.8 Å². The van der Waals surface area contributed by atoms with Crippen LogP contribution >= 0.6 is 22.9 Å². The highest BCUT2D eigenvalue weighted by molar-refractivity contribution is 7.09. The summed E-state index contributed by atoms with van der Waals surface area (Å²) in [5.74, 6) is 0. The zero-order chi connectivity index (χ0) is 13.1. The molecule has 5 heteroatoms. The molecule has 1 atom stereocenters. The average Bonchev–Trinajstić information content (AvgIpc) is 2.92. The van der Waals surface area contributed by atoms with Gasteiger partial charge in [0.2, 0.25) is 0 Å². The lowest BCUT2D eigenvalue weighted by Crippen LogP contribution is -2.26. The number of nitrogens with zero attached hydrogens (tertiary/aromatic N) is 2. The molecule has 0 fully saturated rings. The van der Waals surface area contributed by atoms with Crippen LogP contribution in [0.2, 0.25) is 5.02 Å². The van der Waals surface area contributed by atoms with Gasteiger partial charge in [0.15, 0.2) is 0 Å². The Morgan fingerprint density at radius 1 is 1.50 bits per heavy atom. The predicted octanol–water partition coefficient (Wildman–Crippen LogP) is 3.04. The molecule has 98 valence electrons. The van der Waals surface area contributed by atoms with E-state index in [9.17, 15) is 0 Å². The van der Waals surface area contributed by atoms with Crippen molar-refractivity contribution in [3.05, 3.63) is 38.8 Å². The van der Waals surface area contributed by atoms with Crippen LogP contribution in [0.4, 0.5) is 0 Å². The third-order valence-corrected chi connectivity index (χ3v) is 4.34. The molecule has 0 bridgehead atoms. The van der Waals surface area contributed by atoms with Crippen LogP contribution in [0.25, 0.3) is 0 Å². The molecule has 0 aliphatic carbocycles. The van der Waals surface area contributed by atoms with Crippen molar-refractivity contribution in [1.29, 1.82) is 0 Å². The first-order valence-corrected chi connectivity index (χ1v) is 7.37. The summed E-state index contributed by atoms with van der Waals surface area (Å²) >= 11 is 8.03. The summed E-state index contributed by atoms with van der Waals surface area (Å²) in [7, 11) is 0. The van der Waals surface area contributed by atoms with Crippen LogP contribution < -0.4 is 5.73 Å². The Morgan fingerprint density at radius 2 is 2.28 bits per heavy atom. The van der Waals surface area contributed by atoms with Gasteiger partial charge in [-0.15, -0.1) is 11.3 Å². The number of thiophene rings is 1. The van der Waals surface area contributed by atoms with Crippen LogP contribution in [0.5, 0.6) is 0 Å². The largest absolute Gasteiger partial charge is 0.327 e. The van der Waals surface area contributed by atoms with Crippen molar-refractivity contribution in [3.8, 4) is 0 Å². The molecule has 18 heavy (non-hydrogen) atoms. The van der Waals surface area contributed by atoms with Crippen LogP contribution in [0.15, 0.2) is 17.5 Å². The Hall–Kier alpha value is -0.840. The Morgan fingerprint density at radius 3 is 2.89 bits per heavy atom. The van der Waals surface area contributed by atoms with E-state index < -0.39 is 0 Å². The normalized spacial score (nSPS) is 12.9. The third kappa shape index (κ3) is 2.94. The van der Waals surface area contributed by atoms with E-state index in [0.29, 0.717) is 0 Å². The predicted molar refractivity (Wildman–Crippen MR) is 77.4 cm³/mol. The summed E-state index contributed by atoms with van der Waals surface area (Å²) < 4.78 is 1.95. The van der Waals surface area contributed by atoms with Crippen molar-refractivity contribution >= 4 is 22.9 Å². The van der Waals surface area contributed by atoms with Crippen molar-refractivity contribution in [2.45, 2.75) is 39.3 Å². The zero-order valence-corrected chi connectivity index (χ0v) is 12.3. The molecule has 0 aliphatic rings. The maximum Gasteiger partial charge on any atom is 0.0847 e. The molecule has 2 aromatic rings. The topological polar surface area (TPSA) is 43.8 Å². The Labute approximate surface area is 117 Å². The minimum atomic E-state index is 0.0857. The van der Waals surface area contributed by atoms with Crippen LogP contribution in [0.3, 0.4) is 0 Å². The fraction of sp³-hybridized carbons (Fsp3) is 0.462. The van der Waals surface area contributed by atoms with E-state index in [-0.39, 0.29) is 6.04 Å². The number of aromatic nitrogens is 2. The monoisotopic (exact) mass is 283 g/mol. The standard InChI is InChI=1S/C13H18ClN3S/c1-3-17-12(13(14)9(2)16-17)8-10(15)7-11-5-4-6-18-11/h4-6,10H,3,7-8,15H2,1-2H3. The molecule has 0 saturated carbocycles. The highest BCUT2D eigenvalue weighted by Crippen LogP contribution is 2.22. The second-order valence-electron chi connectivity index (χ2n) is 4.41. The van der Waals surface area contributed by atoms with Gasteiger partial charge in [-0.3, -0.25) is 4.68 Å². The fourth-order valence-electron chi connectivity index (χ4n) is 2.07. The van der Waals surface area contributed by atoms with Gasteiger partial charge in [-0.1, -0.05) is 17.7 Å². The van der Waals surface area contributed by atoms with Gasteiger partial charge >= 0.3 is 0 Å². The molecule has 0 aromatic carbocycles. The summed E-state index contributed by atoms with van der Waals surface area (Å²) in [4.78, 5) is 1.32. The maximum atomic E-state index is 6.28. The molecule has 3 nitrogen and oxygen atoms in total. The van der Waals surface area contributed by atoms with Crippen molar-refractivity contribution in [2.24, 2.45) is 5.73 Å². The van der Waals surface area contributed by atoms with Crippen molar-refractivity contribution in [1.82, 2.24) is 9.78 Å². The van der Waals surface area contributed by atoms with Crippen LogP contribution in [0, 0.1) is 6.92 Å². The maximum absolute atomic E-state index is 6.28. The number of halogens is 1. The summed E-state index contributed by atoms with van der Waals surface area (Å²) in [6.07, 6.45) is 1.66. The van der Waals surface area contributed by atoms with E-state index in [1.807, 2.05) is 11.6 Å². The Kier molecular flexibility index (Phi) is 4.43. The number of rotatable bonds is 5. The van der Waals surface area contributed by atoms with Gasteiger partial charge < -0.3 is 5.73 Å². The summed E-state index contributed by atoms with van der Waals surface area (Å²) in [6.45, 7) is 4.83. The molecule has 2 rings (SSSR count). The number of aryl methyl sites for hydroxylation is 2. The van der Waals surface area contributed by atoms with Gasteiger partial charge in [0, 0.05) is 23.9 Å². The fourth-order valence-corrected chi connectivity index (χ4v) is 3.08. The number of nitrogens with two attached hydrogens (primary N) is 1. The highest BCUT2D eigenvalue weighted by Gasteiger charge is 2.16. The van der Waals surface area contributed by atoms with Gasteiger partial charge in [0.05, 0.1) is 16.4 Å². The minimum absolute atomic E-state index is 0.0857. The van der Waals surface area contributed by atoms with Crippen molar-refractivity contribution < 1.29 is 0 Å². The molecule has 0 saturated heterocycles. The smallest absolute Gasteiger partial charge is 0.0847 e. The number of hydrogen-bond donors (Lipinski definition) is 1. The lowest BCUT2D eigenvalue weighted by Gasteiger charge is -2.12. The van der Waals surface area contributed by atoms with E-state index in [1.54, 1.807) is 11.3 Å². The van der Waals surface area contributed by atoms with Crippen LogP contribution in [0.1, 0.15) is 23.2 Å². The van der Waals surface area contributed by atoms with Gasteiger partial charge in [0.25, 0.3) is 0 Å². The Balaban J connectivity index is 2.09. The average molecular weight is 284 g/mol. The van der Waals surface area contributed by atoms with Crippen LogP contribution in [-0.4, -0.2) is 15.8 Å². The highest BCUT2D eigenvalue weighted by atomic mass is 35.5. The molecule has 2 heterocycles. The van der Waals surface area contributed by atoms with Gasteiger partial charge in [-0.25, -0.2) is 0 Å². The van der Waals surface area contributed by atoms with E-state index in [2.05, 4.69) is 29.5 Å². The SMILES string of the molecule is CCn1nc(C)c(Cl)c1CC(N)Cc1cccs1. The van der Waals surface area contributed by atoms with Crippen molar-refractivity contribution in [2.75, 3.05) is 0 Å². The lowest BCUT2D eigenvalue weighted by molar-refractivity contribution is 0.576.